The molecule has 3 nitrogen and oxygen atoms in total. The summed E-state index contributed by atoms with van der Waals surface area (Å²) in [7, 11) is 0. The number of rotatable bonds is 0. The molecule has 4 heteroatoms. The van der Waals surface area contributed by atoms with Crippen LogP contribution in [0.3, 0.4) is 0 Å². The summed E-state index contributed by atoms with van der Waals surface area (Å²) in [4.78, 5) is 0. The topological polar surface area (TPSA) is 29.9 Å². The first-order chi connectivity index (χ1) is 5.27. The van der Waals surface area contributed by atoms with Crippen LogP contribution in [0.1, 0.15) is 12.6 Å². The summed E-state index contributed by atoms with van der Waals surface area (Å²) >= 11 is 2.32. The first-order valence-electron chi connectivity index (χ1n) is 3.71. The van der Waals surface area contributed by atoms with Gasteiger partial charge in [-0.3, -0.25) is 4.68 Å². The van der Waals surface area contributed by atoms with Crippen LogP contribution >= 0.6 is 22.6 Å². The molecule has 1 atom stereocenters. The predicted octanol–water partition coefficient (Wildman–Crippen LogP) is 0.979. The van der Waals surface area contributed by atoms with Crippen LogP contribution < -0.4 is 5.32 Å². The third-order valence-corrected chi connectivity index (χ3v) is 2.86. The molecular formula is C7H10IN3. The molecule has 11 heavy (non-hydrogen) atoms. The molecule has 1 N–H and O–H groups in total. The molecule has 0 spiro atoms. The molecule has 2 rings (SSSR count). The SMILES string of the molecule is CC1Cn2ncc(I)c2CN1. The van der Waals surface area contributed by atoms with E-state index in [2.05, 4.69) is 44.6 Å². The number of aromatic nitrogens is 2. The first kappa shape index (κ1) is 7.54. The normalized spacial score (nSPS) is 23.3. The van der Waals surface area contributed by atoms with Crippen LogP contribution in [0.15, 0.2) is 6.20 Å². The van der Waals surface area contributed by atoms with Crippen LogP contribution in [0, 0.1) is 3.57 Å². The highest BCUT2D eigenvalue weighted by Crippen LogP contribution is 2.14. The summed E-state index contributed by atoms with van der Waals surface area (Å²) in [5.74, 6) is 0. The monoisotopic (exact) mass is 263 g/mol. The summed E-state index contributed by atoms with van der Waals surface area (Å²) in [5.41, 5.74) is 1.32. The van der Waals surface area contributed by atoms with Crippen molar-refractivity contribution in [3.05, 3.63) is 15.5 Å². The molecule has 1 aliphatic rings. The number of hydrogen-bond donors (Lipinski definition) is 1. The standard InChI is InChI=1S/C7H10IN3/c1-5-4-11-7(3-9-5)6(8)2-10-11/h2,5,9H,3-4H2,1H3. The number of halogens is 1. The van der Waals surface area contributed by atoms with Gasteiger partial charge in [0, 0.05) is 12.6 Å². The molecule has 1 aliphatic heterocycles. The Morgan fingerprint density at radius 3 is 3.45 bits per heavy atom. The van der Waals surface area contributed by atoms with Gasteiger partial charge in [-0.1, -0.05) is 0 Å². The lowest BCUT2D eigenvalue weighted by molar-refractivity contribution is 0.388. The Balaban J connectivity index is 2.36. The Labute approximate surface area is 79.3 Å². The van der Waals surface area contributed by atoms with E-state index in [1.54, 1.807) is 0 Å². The number of hydrogen-bond acceptors (Lipinski definition) is 2. The van der Waals surface area contributed by atoms with Gasteiger partial charge in [0.05, 0.1) is 22.0 Å². The van der Waals surface area contributed by atoms with Gasteiger partial charge >= 0.3 is 0 Å². The third kappa shape index (κ3) is 1.29. The number of nitrogens with zero attached hydrogens (tertiary/aromatic N) is 2. The second-order valence-electron chi connectivity index (χ2n) is 2.90. The fourth-order valence-electron chi connectivity index (χ4n) is 1.32. The Morgan fingerprint density at radius 1 is 1.82 bits per heavy atom. The molecule has 0 saturated heterocycles. The zero-order valence-electron chi connectivity index (χ0n) is 6.34. The van der Waals surface area contributed by atoms with Crippen LogP contribution in [0.25, 0.3) is 0 Å². The summed E-state index contributed by atoms with van der Waals surface area (Å²) in [5, 5.41) is 7.68. The molecule has 0 fully saturated rings. The van der Waals surface area contributed by atoms with Gasteiger partial charge in [-0.2, -0.15) is 5.10 Å². The van der Waals surface area contributed by atoms with Crippen LogP contribution in [0.5, 0.6) is 0 Å². The van der Waals surface area contributed by atoms with Gasteiger partial charge in [0.25, 0.3) is 0 Å². The minimum atomic E-state index is 0.554. The zero-order valence-corrected chi connectivity index (χ0v) is 8.50. The highest BCUT2D eigenvalue weighted by atomic mass is 127. The molecule has 0 radical (unpaired) electrons. The average Bonchev–Trinajstić information content (AvgIpc) is 2.32. The second kappa shape index (κ2) is 2.75. The maximum Gasteiger partial charge on any atom is 0.0656 e. The van der Waals surface area contributed by atoms with E-state index in [0.717, 1.165) is 13.1 Å². The minimum absolute atomic E-state index is 0.554. The highest BCUT2D eigenvalue weighted by Gasteiger charge is 2.16. The molecule has 2 heterocycles. The third-order valence-electron chi connectivity index (χ3n) is 1.96. The van der Waals surface area contributed by atoms with Crippen molar-refractivity contribution in [3.63, 3.8) is 0 Å². The van der Waals surface area contributed by atoms with E-state index in [1.165, 1.54) is 9.26 Å². The summed E-state index contributed by atoms with van der Waals surface area (Å²) in [6.45, 7) is 4.13. The zero-order chi connectivity index (χ0) is 7.84. The molecule has 1 aromatic rings. The van der Waals surface area contributed by atoms with E-state index in [9.17, 15) is 0 Å². The van der Waals surface area contributed by atoms with E-state index >= 15 is 0 Å². The van der Waals surface area contributed by atoms with Crippen LogP contribution in [0.2, 0.25) is 0 Å². The van der Waals surface area contributed by atoms with Gasteiger partial charge in [-0.05, 0) is 29.5 Å². The van der Waals surface area contributed by atoms with Gasteiger partial charge in [-0.15, -0.1) is 0 Å². The van der Waals surface area contributed by atoms with Gasteiger partial charge in [0.2, 0.25) is 0 Å². The molecule has 60 valence electrons. The minimum Gasteiger partial charge on any atom is -0.307 e. The number of nitrogens with one attached hydrogen (secondary N) is 1. The lowest BCUT2D eigenvalue weighted by atomic mass is 10.2. The molecule has 0 amide bonds. The van der Waals surface area contributed by atoms with Crippen LogP contribution in [-0.4, -0.2) is 15.8 Å². The van der Waals surface area contributed by atoms with Gasteiger partial charge < -0.3 is 5.32 Å². The van der Waals surface area contributed by atoms with Crippen molar-refractivity contribution in [2.75, 3.05) is 0 Å². The summed E-state index contributed by atoms with van der Waals surface area (Å²) in [6.07, 6.45) is 1.93. The molecule has 1 aromatic heterocycles. The quantitative estimate of drug-likeness (QED) is 0.707. The molecule has 1 unspecified atom stereocenters. The first-order valence-corrected chi connectivity index (χ1v) is 4.79. The molecule has 0 saturated carbocycles. The smallest absolute Gasteiger partial charge is 0.0656 e. The van der Waals surface area contributed by atoms with Crippen LogP contribution in [0.4, 0.5) is 0 Å². The van der Waals surface area contributed by atoms with Crippen molar-refractivity contribution in [2.24, 2.45) is 0 Å². The maximum atomic E-state index is 4.28. The Morgan fingerprint density at radius 2 is 2.64 bits per heavy atom. The molecule has 0 aliphatic carbocycles. The van der Waals surface area contributed by atoms with Gasteiger partial charge in [0.15, 0.2) is 0 Å². The van der Waals surface area contributed by atoms with Crippen molar-refractivity contribution in [1.29, 1.82) is 0 Å². The fourth-order valence-corrected chi connectivity index (χ4v) is 1.91. The van der Waals surface area contributed by atoms with Crippen molar-refractivity contribution in [1.82, 2.24) is 15.1 Å². The summed E-state index contributed by atoms with van der Waals surface area (Å²) in [6, 6.07) is 0.554. The van der Waals surface area contributed by atoms with E-state index in [-0.39, 0.29) is 0 Å². The van der Waals surface area contributed by atoms with Crippen molar-refractivity contribution in [3.8, 4) is 0 Å². The molecular weight excluding hydrogens is 253 g/mol. The summed E-state index contributed by atoms with van der Waals surface area (Å²) < 4.78 is 3.35. The largest absolute Gasteiger partial charge is 0.307 e. The predicted molar refractivity (Wildman–Crippen MR) is 51.2 cm³/mol. The lowest BCUT2D eigenvalue weighted by Crippen LogP contribution is -2.36. The molecule has 0 aromatic carbocycles. The van der Waals surface area contributed by atoms with Crippen molar-refractivity contribution >= 4 is 22.6 Å². The lowest BCUT2D eigenvalue weighted by Gasteiger charge is -2.21. The second-order valence-corrected chi connectivity index (χ2v) is 4.07. The van der Waals surface area contributed by atoms with E-state index in [1.807, 2.05) is 6.20 Å². The van der Waals surface area contributed by atoms with Gasteiger partial charge in [0.1, 0.15) is 0 Å². The number of fused-ring (bicyclic) bond motifs is 1. The molecule has 0 bridgehead atoms. The Bertz CT molecular complexity index is 269. The Kier molecular flexibility index (Phi) is 1.88. The average molecular weight is 263 g/mol. The van der Waals surface area contributed by atoms with Crippen molar-refractivity contribution in [2.45, 2.75) is 26.1 Å². The van der Waals surface area contributed by atoms with E-state index in [0.29, 0.717) is 6.04 Å². The van der Waals surface area contributed by atoms with Gasteiger partial charge in [-0.25, -0.2) is 0 Å². The van der Waals surface area contributed by atoms with E-state index < -0.39 is 0 Å². The Hall–Kier alpha value is -0.100. The van der Waals surface area contributed by atoms with Crippen molar-refractivity contribution < 1.29 is 0 Å². The van der Waals surface area contributed by atoms with Crippen LogP contribution in [-0.2, 0) is 13.1 Å². The highest BCUT2D eigenvalue weighted by molar-refractivity contribution is 14.1. The fraction of sp³-hybridized carbons (Fsp3) is 0.571. The van der Waals surface area contributed by atoms with E-state index in [4.69, 9.17) is 0 Å². The maximum absolute atomic E-state index is 4.28.